The summed E-state index contributed by atoms with van der Waals surface area (Å²) in [5.74, 6) is -1.21. The van der Waals surface area contributed by atoms with E-state index in [0.29, 0.717) is 10.5 Å². The molecule has 5 heteroatoms. The maximum absolute atomic E-state index is 13.1. The van der Waals surface area contributed by atoms with Gasteiger partial charge in [0.05, 0.1) is 16.3 Å². The average molecular weight is 251 g/mol. The maximum Gasteiger partial charge on any atom is 0.313 e. The van der Waals surface area contributed by atoms with E-state index in [0.717, 1.165) is 22.7 Å². The second kappa shape index (κ2) is 4.71. The Morgan fingerprint density at radius 1 is 1.47 bits per heavy atom. The van der Waals surface area contributed by atoms with Crippen LogP contribution in [0, 0.1) is 12.7 Å². The van der Waals surface area contributed by atoms with Crippen LogP contribution in [-0.4, -0.2) is 21.8 Å². The minimum absolute atomic E-state index is 0.0286. The standard InChI is InChI=1S/C12H10FNO2S/c1-7-4-11(17-6-12(15)16)14-10-3-2-8(13)5-9(7)10/h2-5H,6H2,1H3,(H,15,16). The fourth-order valence-corrected chi connectivity index (χ4v) is 2.24. The normalized spacial score (nSPS) is 10.7. The first kappa shape index (κ1) is 11.9. The lowest BCUT2D eigenvalue weighted by Gasteiger charge is -2.05. The minimum Gasteiger partial charge on any atom is -0.481 e. The van der Waals surface area contributed by atoms with Crippen molar-refractivity contribution in [1.82, 2.24) is 4.98 Å². The number of carboxylic acids is 1. The number of hydrogen-bond donors (Lipinski definition) is 1. The van der Waals surface area contributed by atoms with Crippen molar-refractivity contribution in [2.75, 3.05) is 5.75 Å². The van der Waals surface area contributed by atoms with Crippen molar-refractivity contribution in [3.05, 3.63) is 35.6 Å². The number of nitrogens with zero attached hydrogens (tertiary/aromatic N) is 1. The zero-order chi connectivity index (χ0) is 12.4. The molecule has 0 radical (unpaired) electrons. The van der Waals surface area contributed by atoms with Crippen LogP contribution in [0.5, 0.6) is 0 Å². The van der Waals surface area contributed by atoms with E-state index in [1.807, 2.05) is 6.92 Å². The molecule has 1 heterocycles. The van der Waals surface area contributed by atoms with Gasteiger partial charge in [-0.2, -0.15) is 0 Å². The monoisotopic (exact) mass is 251 g/mol. The number of hydrogen-bond acceptors (Lipinski definition) is 3. The van der Waals surface area contributed by atoms with Crippen LogP contribution in [0.15, 0.2) is 29.3 Å². The molecule has 0 aliphatic heterocycles. The van der Waals surface area contributed by atoms with E-state index in [1.54, 1.807) is 12.1 Å². The largest absolute Gasteiger partial charge is 0.481 e. The molecule has 1 N–H and O–H groups in total. The van der Waals surface area contributed by atoms with Gasteiger partial charge in [0.15, 0.2) is 0 Å². The van der Waals surface area contributed by atoms with E-state index in [4.69, 9.17) is 5.11 Å². The molecule has 2 aromatic rings. The van der Waals surface area contributed by atoms with Gasteiger partial charge in [-0.15, -0.1) is 0 Å². The third-order valence-electron chi connectivity index (χ3n) is 2.30. The molecular formula is C12H10FNO2S. The lowest BCUT2D eigenvalue weighted by molar-refractivity contribution is -0.133. The number of benzene rings is 1. The highest BCUT2D eigenvalue weighted by Gasteiger charge is 2.06. The van der Waals surface area contributed by atoms with Crippen molar-refractivity contribution in [3.8, 4) is 0 Å². The van der Waals surface area contributed by atoms with Gasteiger partial charge in [0.2, 0.25) is 0 Å². The molecule has 0 saturated heterocycles. The molecular weight excluding hydrogens is 241 g/mol. The zero-order valence-corrected chi connectivity index (χ0v) is 9.92. The van der Waals surface area contributed by atoms with Crippen molar-refractivity contribution >= 4 is 28.6 Å². The lowest BCUT2D eigenvalue weighted by Crippen LogP contribution is -1.98. The number of aromatic nitrogens is 1. The van der Waals surface area contributed by atoms with Crippen LogP contribution >= 0.6 is 11.8 Å². The minimum atomic E-state index is -0.881. The zero-order valence-electron chi connectivity index (χ0n) is 9.11. The maximum atomic E-state index is 13.1. The molecule has 0 unspecified atom stereocenters. The molecule has 0 bridgehead atoms. The molecule has 0 amide bonds. The molecule has 0 atom stereocenters. The number of thioether (sulfide) groups is 1. The number of halogens is 1. The average Bonchev–Trinajstić information content (AvgIpc) is 2.27. The first-order chi connectivity index (χ1) is 8.06. The van der Waals surface area contributed by atoms with Crippen LogP contribution in [0.3, 0.4) is 0 Å². The van der Waals surface area contributed by atoms with E-state index < -0.39 is 5.97 Å². The first-order valence-electron chi connectivity index (χ1n) is 4.98. The quantitative estimate of drug-likeness (QED) is 0.852. The molecule has 88 valence electrons. The number of aryl methyl sites for hydroxylation is 1. The van der Waals surface area contributed by atoms with Crippen LogP contribution in [0.4, 0.5) is 4.39 Å². The molecule has 0 fully saturated rings. The SMILES string of the molecule is Cc1cc(SCC(=O)O)nc2ccc(F)cc12. The van der Waals surface area contributed by atoms with E-state index in [-0.39, 0.29) is 11.6 Å². The summed E-state index contributed by atoms with van der Waals surface area (Å²) >= 11 is 1.16. The van der Waals surface area contributed by atoms with Gasteiger partial charge in [-0.1, -0.05) is 11.8 Å². The van der Waals surface area contributed by atoms with Gasteiger partial charge in [0, 0.05) is 5.39 Å². The molecule has 2 rings (SSSR count). The number of pyridine rings is 1. The number of fused-ring (bicyclic) bond motifs is 1. The second-order valence-corrected chi connectivity index (χ2v) is 4.62. The highest BCUT2D eigenvalue weighted by molar-refractivity contribution is 7.99. The van der Waals surface area contributed by atoms with E-state index in [9.17, 15) is 9.18 Å². The van der Waals surface area contributed by atoms with Gasteiger partial charge in [-0.05, 0) is 36.8 Å². The predicted molar refractivity (Wildman–Crippen MR) is 64.8 cm³/mol. The summed E-state index contributed by atoms with van der Waals surface area (Å²) in [7, 11) is 0. The molecule has 0 saturated carbocycles. The Balaban J connectivity index is 2.41. The van der Waals surface area contributed by atoms with E-state index >= 15 is 0 Å². The Bertz CT molecular complexity index is 586. The molecule has 0 aliphatic rings. The summed E-state index contributed by atoms with van der Waals surface area (Å²) in [5.41, 5.74) is 1.57. The number of carboxylic acid groups (broad SMARTS) is 1. The Morgan fingerprint density at radius 3 is 2.94 bits per heavy atom. The predicted octanol–water partition coefficient (Wildman–Crippen LogP) is 2.86. The molecule has 17 heavy (non-hydrogen) atoms. The van der Waals surface area contributed by atoms with Crippen LogP contribution in [0.2, 0.25) is 0 Å². The lowest BCUT2D eigenvalue weighted by atomic mass is 10.1. The topological polar surface area (TPSA) is 50.2 Å². The Hall–Kier alpha value is -1.62. The molecule has 1 aromatic carbocycles. The van der Waals surface area contributed by atoms with Gasteiger partial charge in [-0.3, -0.25) is 4.79 Å². The smallest absolute Gasteiger partial charge is 0.313 e. The van der Waals surface area contributed by atoms with Crippen molar-refractivity contribution in [3.63, 3.8) is 0 Å². The van der Waals surface area contributed by atoms with E-state index in [1.165, 1.54) is 12.1 Å². The summed E-state index contributed by atoms with van der Waals surface area (Å²) in [6, 6.07) is 6.15. The Kier molecular flexibility index (Phi) is 3.28. The van der Waals surface area contributed by atoms with Gasteiger partial charge in [0.1, 0.15) is 5.82 Å². The molecule has 0 aliphatic carbocycles. The number of aliphatic carboxylic acids is 1. The molecule has 0 spiro atoms. The van der Waals surface area contributed by atoms with Gasteiger partial charge >= 0.3 is 5.97 Å². The molecule has 1 aromatic heterocycles. The second-order valence-electron chi connectivity index (χ2n) is 3.62. The third-order valence-corrected chi connectivity index (χ3v) is 3.19. The van der Waals surface area contributed by atoms with Gasteiger partial charge < -0.3 is 5.11 Å². The van der Waals surface area contributed by atoms with Crippen LogP contribution in [-0.2, 0) is 4.79 Å². The van der Waals surface area contributed by atoms with Crippen LogP contribution < -0.4 is 0 Å². The third kappa shape index (κ3) is 2.74. The Labute approximate surface area is 102 Å². The summed E-state index contributed by atoms with van der Waals surface area (Å²) < 4.78 is 13.1. The summed E-state index contributed by atoms with van der Waals surface area (Å²) in [4.78, 5) is 14.7. The van der Waals surface area contributed by atoms with Crippen LogP contribution in [0.1, 0.15) is 5.56 Å². The van der Waals surface area contributed by atoms with Crippen molar-refractivity contribution in [1.29, 1.82) is 0 Å². The van der Waals surface area contributed by atoms with Gasteiger partial charge in [-0.25, -0.2) is 9.37 Å². The number of rotatable bonds is 3. The van der Waals surface area contributed by atoms with Crippen LogP contribution in [0.25, 0.3) is 10.9 Å². The highest BCUT2D eigenvalue weighted by Crippen LogP contribution is 2.24. The highest BCUT2D eigenvalue weighted by atomic mass is 32.2. The van der Waals surface area contributed by atoms with Crippen molar-refractivity contribution < 1.29 is 14.3 Å². The van der Waals surface area contributed by atoms with Crippen molar-refractivity contribution in [2.45, 2.75) is 11.9 Å². The number of carbonyl (C=O) groups is 1. The summed E-state index contributed by atoms with van der Waals surface area (Å²) in [6.45, 7) is 1.86. The fraction of sp³-hybridized carbons (Fsp3) is 0.167. The summed E-state index contributed by atoms with van der Waals surface area (Å²) in [5, 5.41) is 9.99. The van der Waals surface area contributed by atoms with Gasteiger partial charge in [0.25, 0.3) is 0 Å². The first-order valence-corrected chi connectivity index (χ1v) is 5.96. The fourth-order valence-electron chi connectivity index (χ4n) is 1.55. The Morgan fingerprint density at radius 2 is 2.24 bits per heavy atom. The van der Waals surface area contributed by atoms with E-state index in [2.05, 4.69) is 4.98 Å². The van der Waals surface area contributed by atoms with Crippen molar-refractivity contribution in [2.24, 2.45) is 0 Å². The molecule has 3 nitrogen and oxygen atoms in total. The summed E-state index contributed by atoms with van der Waals surface area (Å²) in [6.07, 6.45) is 0.